The normalized spacial score (nSPS) is 21.5. The molecule has 1 aliphatic heterocycles. The first kappa shape index (κ1) is 14.9. The Morgan fingerprint density at radius 2 is 2.18 bits per heavy atom. The molecule has 0 aromatic heterocycles. The number of methoxy groups -OCH3 is 1. The smallest absolute Gasteiger partial charge is 0.0597 e. The number of nitrogens with one attached hydrogen (secondary N) is 1. The van der Waals surface area contributed by atoms with E-state index >= 15 is 0 Å². The van der Waals surface area contributed by atoms with Gasteiger partial charge in [-0.1, -0.05) is 0 Å². The van der Waals surface area contributed by atoms with E-state index in [0.717, 1.165) is 32.8 Å². The van der Waals surface area contributed by atoms with Crippen LogP contribution in [0.5, 0.6) is 0 Å². The first-order chi connectivity index (χ1) is 8.24. The molecule has 0 saturated carbocycles. The number of nitrogens with zero attached hydrogens (tertiary/aromatic N) is 1. The minimum absolute atomic E-state index is 0.343. The quantitative estimate of drug-likeness (QED) is 0.616. The highest BCUT2D eigenvalue weighted by molar-refractivity contribution is 4.80. The summed E-state index contributed by atoms with van der Waals surface area (Å²) in [5, 5.41) is 3.45. The largest absolute Gasteiger partial charge is 0.383 e. The fourth-order valence-corrected chi connectivity index (χ4v) is 2.27. The van der Waals surface area contributed by atoms with Crippen LogP contribution in [-0.4, -0.2) is 63.5 Å². The van der Waals surface area contributed by atoms with Gasteiger partial charge in [0.05, 0.1) is 19.3 Å². The standard InChI is InChI=1S/C13H28N2O2/c1-12(2)17-10-8-15-7-4-5-13(15)11-14-6-9-16-3/h12-14H,4-11H2,1-3H3. The van der Waals surface area contributed by atoms with Crippen LogP contribution in [0.2, 0.25) is 0 Å². The van der Waals surface area contributed by atoms with Crippen LogP contribution in [0.25, 0.3) is 0 Å². The summed E-state index contributed by atoms with van der Waals surface area (Å²) in [6.07, 6.45) is 2.97. The fourth-order valence-electron chi connectivity index (χ4n) is 2.27. The molecule has 102 valence electrons. The molecule has 0 amide bonds. The summed E-state index contributed by atoms with van der Waals surface area (Å²) in [7, 11) is 1.74. The molecule has 1 atom stereocenters. The summed E-state index contributed by atoms with van der Waals surface area (Å²) in [5.74, 6) is 0. The second-order valence-electron chi connectivity index (χ2n) is 4.95. The third-order valence-corrected chi connectivity index (χ3v) is 3.19. The second kappa shape index (κ2) is 8.86. The summed E-state index contributed by atoms with van der Waals surface area (Å²) >= 11 is 0. The van der Waals surface area contributed by atoms with Crippen LogP contribution in [0.1, 0.15) is 26.7 Å². The number of likely N-dealkylation sites (tertiary alicyclic amines) is 1. The molecule has 1 fully saturated rings. The fraction of sp³-hybridized carbons (Fsp3) is 1.00. The van der Waals surface area contributed by atoms with E-state index in [0.29, 0.717) is 12.1 Å². The molecule has 4 heteroatoms. The molecule has 0 aliphatic carbocycles. The monoisotopic (exact) mass is 244 g/mol. The Balaban J connectivity index is 2.10. The molecule has 0 bridgehead atoms. The number of hydrogen-bond donors (Lipinski definition) is 1. The topological polar surface area (TPSA) is 33.7 Å². The van der Waals surface area contributed by atoms with Gasteiger partial charge in [0.25, 0.3) is 0 Å². The molecule has 17 heavy (non-hydrogen) atoms. The van der Waals surface area contributed by atoms with Crippen molar-refractivity contribution in [3.63, 3.8) is 0 Å². The first-order valence-corrected chi connectivity index (χ1v) is 6.79. The molecule has 1 heterocycles. The number of rotatable bonds is 9. The van der Waals surface area contributed by atoms with Crippen LogP contribution < -0.4 is 5.32 Å². The zero-order valence-electron chi connectivity index (χ0n) is 11.6. The minimum Gasteiger partial charge on any atom is -0.383 e. The van der Waals surface area contributed by atoms with Gasteiger partial charge in [-0.15, -0.1) is 0 Å². The highest BCUT2D eigenvalue weighted by Gasteiger charge is 2.23. The van der Waals surface area contributed by atoms with Crippen molar-refractivity contribution in [2.75, 3.05) is 46.5 Å². The van der Waals surface area contributed by atoms with Gasteiger partial charge in [-0.3, -0.25) is 4.90 Å². The molecule has 4 nitrogen and oxygen atoms in total. The van der Waals surface area contributed by atoms with Gasteiger partial charge >= 0.3 is 0 Å². The SMILES string of the molecule is COCCNCC1CCCN1CCOC(C)C. The Hall–Kier alpha value is -0.160. The summed E-state index contributed by atoms with van der Waals surface area (Å²) in [6, 6.07) is 0.683. The van der Waals surface area contributed by atoms with Gasteiger partial charge in [-0.2, -0.15) is 0 Å². The molecule has 1 aliphatic rings. The highest BCUT2D eigenvalue weighted by Crippen LogP contribution is 2.15. The molecular formula is C13H28N2O2. The zero-order valence-corrected chi connectivity index (χ0v) is 11.6. The van der Waals surface area contributed by atoms with Crippen LogP contribution in [0, 0.1) is 0 Å². The third kappa shape index (κ3) is 6.36. The van der Waals surface area contributed by atoms with E-state index in [2.05, 4.69) is 24.1 Å². The maximum atomic E-state index is 5.61. The third-order valence-electron chi connectivity index (χ3n) is 3.19. The van der Waals surface area contributed by atoms with E-state index in [1.807, 2.05) is 0 Å². The molecule has 0 spiro atoms. The van der Waals surface area contributed by atoms with Crippen LogP contribution in [0.15, 0.2) is 0 Å². The van der Waals surface area contributed by atoms with Crippen LogP contribution in [-0.2, 0) is 9.47 Å². The summed E-state index contributed by atoms with van der Waals surface area (Å²) in [4.78, 5) is 2.54. The van der Waals surface area contributed by atoms with E-state index in [-0.39, 0.29) is 0 Å². The molecule has 1 saturated heterocycles. The Morgan fingerprint density at radius 3 is 2.88 bits per heavy atom. The van der Waals surface area contributed by atoms with E-state index < -0.39 is 0 Å². The summed E-state index contributed by atoms with van der Waals surface area (Å²) in [5.41, 5.74) is 0. The molecule has 1 N–H and O–H groups in total. The lowest BCUT2D eigenvalue weighted by Crippen LogP contribution is -2.40. The van der Waals surface area contributed by atoms with Crippen molar-refractivity contribution in [1.82, 2.24) is 10.2 Å². The summed E-state index contributed by atoms with van der Waals surface area (Å²) < 4.78 is 10.6. The molecule has 0 aromatic rings. The van der Waals surface area contributed by atoms with Crippen molar-refractivity contribution in [3.8, 4) is 0 Å². The number of hydrogen-bond acceptors (Lipinski definition) is 4. The van der Waals surface area contributed by atoms with Gasteiger partial charge in [0.15, 0.2) is 0 Å². The van der Waals surface area contributed by atoms with Crippen molar-refractivity contribution < 1.29 is 9.47 Å². The van der Waals surface area contributed by atoms with Gasteiger partial charge in [-0.05, 0) is 33.2 Å². The van der Waals surface area contributed by atoms with Gasteiger partial charge in [0.2, 0.25) is 0 Å². The van der Waals surface area contributed by atoms with Crippen LogP contribution >= 0.6 is 0 Å². The summed E-state index contributed by atoms with van der Waals surface area (Å²) in [6.45, 7) is 10.1. The number of ether oxygens (including phenoxy) is 2. The van der Waals surface area contributed by atoms with Crippen molar-refractivity contribution in [2.45, 2.75) is 38.8 Å². The maximum Gasteiger partial charge on any atom is 0.0597 e. The lowest BCUT2D eigenvalue weighted by molar-refractivity contribution is 0.0562. The van der Waals surface area contributed by atoms with Gasteiger partial charge in [0, 0.05) is 32.8 Å². The van der Waals surface area contributed by atoms with Crippen molar-refractivity contribution >= 4 is 0 Å². The Kier molecular flexibility index (Phi) is 7.77. The van der Waals surface area contributed by atoms with Crippen molar-refractivity contribution in [2.24, 2.45) is 0 Å². The first-order valence-electron chi connectivity index (χ1n) is 6.79. The average Bonchev–Trinajstić information content (AvgIpc) is 2.72. The maximum absolute atomic E-state index is 5.61. The van der Waals surface area contributed by atoms with Gasteiger partial charge in [0.1, 0.15) is 0 Å². The lowest BCUT2D eigenvalue weighted by atomic mass is 10.2. The second-order valence-corrected chi connectivity index (χ2v) is 4.95. The molecule has 0 aromatic carbocycles. The Morgan fingerprint density at radius 1 is 1.35 bits per heavy atom. The van der Waals surface area contributed by atoms with Gasteiger partial charge < -0.3 is 14.8 Å². The minimum atomic E-state index is 0.343. The van der Waals surface area contributed by atoms with Crippen LogP contribution in [0.4, 0.5) is 0 Å². The predicted octanol–water partition coefficient (Wildman–Crippen LogP) is 1.11. The van der Waals surface area contributed by atoms with E-state index in [9.17, 15) is 0 Å². The van der Waals surface area contributed by atoms with Crippen molar-refractivity contribution in [3.05, 3.63) is 0 Å². The molecular weight excluding hydrogens is 216 g/mol. The highest BCUT2D eigenvalue weighted by atomic mass is 16.5. The molecule has 1 rings (SSSR count). The average molecular weight is 244 g/mol. The molecule has 0 radical (unpaired) electrons. The van der Waals surface area contributed by atoms with Gasteiger partial charge in [-0.25, -0.2) is 0 Å². The Labute approximate surface area is 106 Å². The predicted molar refractivity (Wildman–Crippen MR) is 70.4 cm³/mol. The lowest BCUT2D eigenvalue weighted by Gasteiger charge is -2.25. The van der Waals surface area contributed by atoms with E-state index in [1.54, 1.807) is 7.11 Å². The molecule has 1 unspecified atom stereocenters. The van der Waals surface area contributed by atoms with Crippen molar-refractivity contribution in [1.29, 1.82) is 0 Å². The van der Waals surface area contributed by atoms with E-state index in [1.165, 1.54) is 19.4 Å². The van der Waals surface area contributed by atoms with E-state index in [4.69, 9.17) is 9.47 Å². The van der Waals surface area contributed by atoms with Crippen LogP contribution in [0.3, 0.4) is 0 Å². The zero-order chi connectivity index (χ0) is 12.5. The Bertz CT molecular complexity index is 188.